The molecule has 0 aromatic carbocycles. The average molecular weight is 240 g/mol. The van der Waals surface area contributed by atoms with Crippen LogP contribution in [0.25, 0.3) is 0 Å². The molecule has 0 saturated carbocycles. The fraction of sp³-hybridized carbons (Fsp3) is 0.455. The van der Waals surface area contributed by atoms with Crippen molar-refractivity contribution in [3.63, 3.8) is 0 Å². The first kappa shape index (κ1) is 13.4. The molecule has 6 heteroatoms. The highest BCUT2D eigenvalue weighted by atomic mass is 16.5. The van der Waals surface area contributed by atoms with E-state index in [2.05, 4.69) is 9.72 Å². The predicted molar refractivity (Wildman–Crippen MR) is 60.9 cm³/mol. The van der Waals surface area contributed by atoms with Crippen molar-refractivity contribution < 1.29 is 19.7 Å². The van der Waals surface area contributed by atoms with Crippen molar-refractivity contribution >= 4 is 11.7 Å². The number of hydrogen-bond donors (Lipinski definition) is 3. The molecule has 0 aliphatic rings. The molecule has 0 radical (unpaired) electrons. The molecular formula is C11H16N2O4. The van der Waals surface area contributed by atoms with Gasteiger partial charge >= 0.3 is 5.97 Å². The Labute approximate surface area is 99.0 Å². The van der Waals surface area contributed by atoms with E-state index in [1.165, 1.54) is 12.3 Å². The first-order chi connectivity index (χ1) is 8.04. The molecule has 0 amide bonds. The van der Waals surface area contributed by atoms with Crippen molar-refractivity contribution in [3.05, 3.63) is 24.0 Å². The SMILES string of the molecule is CCOC(=O)CC(O)C(O)c1cc(N)ccn1. The molecule has 1 aromatic rings. The Kier molecular flexibility index (Phi) is 4.86. The summed E-state index contributed by atoms with van der Waals surface area (Å²) >= 11 is 0. The molecule has 94 valence electrons. The number of aliphatic hydroxyl groups is 2. The standard InChI is InChI=1S/C11H16N2O4/c1-2-17-10(15)6-9(14)11(16)8-5-7(12)3-4-13-8/h3-5,9,11,14,16H,2,6H2,1H3,(H2,12,13). The summed E-state index contributed by atoms with van der Waals surface area (Å²) in [5.41, 5.74) is 6.17. The van der Waals surface area contributed by atoms with Crippen molar-refractivity contribution in [1.82, 2.24) is 4.98 Å². The second-order valence-corrected chi connectivity index (χ2v) is 3.54. The lowest BCUT2D eigenvalue weighted by Crippen LogP contribution is -2.23. The fourth-order valence-corrected chi connectivity index (χ4v) is 1.33. The van der Waals surface area contributed by atoms with Crippen molar-refractivity contribution in [2.75, 3.05) is 12.3 Å². The molecule has 2 atom stereocenters. The molecule has 2 unspecified atom stereocenters. The van der Waals surface area contributed by atoms with Crippen LogP contribution in [-0.2, 0) is 9.53 Å². The van der Waals surface area contributed by atoms with Crippen molar-refractivity contribution in [1.29, 1.82) is 0 Å². The van der Waals surface area contributed by atoms with Crippen molar-refractivity contribution in [2.45, 2.75) is 25.6 Å². The number of nitrogens with zero attached hydrogens (tertiary/aromatic N) is 1. The van der Waals surface area contributed by atoms with Gasteiger partial charge in [-0.05, 0) is 19.1 Å². The van der Waals surface area contributed by atoms with Crippen LogP contribution in [0.5, 0.6) is 0 Å². The maximum absolute atomic E-state index is 11.1. The summed E-state index contributed by atoms with van der Waals surface area (Å²) in [6.07, 6.45) is -1.39. The number of nitrogens with two attached hydrogens (primary N) is 1. The van der Waals surface area contributed by atoms with Gasteiger partial charge in [0.2, 0.25) is 0 Å². The number of aliphatic hydroxyl groups excluding tert-OH is 2. The highest BCUT2D eigenvalue weighted by Crippen LogP contribution is 2.18. The molecule has 1 aromatic heterocycles. The summed E-state index contributed by atoms with van der Waals surface area (Å²) in [6.45, 7) is 1.90. The fourth-order valence-electron chi connectivity index (χ4n) is 1.33. The molecule has 0 bridgehead atoms. The third-order valence-corrected chi connectivity index (χ3v) is 2.15. The molecule has 4 N–H and O–H groups in total. The molecule has 6 nitrogen and oxygen atoms in total. The topological polar surface area (TPSA) is 106 Å². The monoisotopic (exact) mass is 240 g/mol. The van der Waals surface area contributed by atoms with Crippen LogP contribution in [0.15, 0.2) is 18.3 Å². The Morgan fingerprint density at radius 2 is 2.29 bits per heavy atom. The maximum atomic E-state index is 11.1. The van der Waals surface area contributed by atoms with Gasteiger partial charge in [0, 0.05) is 11.9 Å². The van der Waals surface area contributed by atoms with Crippen LogP contribution < -0.4 is 5.73 Å². The normalized spacial score (nSPS) is 14.1. The lowest BCUT2D eigenvalue weighted by molar-refractivity contribution is -0.147. The van der Waals surface area contributed by atoms with E-state index in [0.29, 0.717) is 5.69 Å². The molecular weight excluding hydrogens is 224 g/mol. The van der Waals surface area contributed by atoms with E-state index in [4.69, 9.17) is 5.73 Å². The first-order valence-electron chi connectivity index (χ1n) is 5.27. The van der Waals surface area contributed by atoms with Crippen LogP contribution in [0.1, 0.15) is 25.1 Å². The van der Waals surface area contributed by atoms with Crippen LogP contribution in [0.2, 0.25) is 0 Å². The smallest absolute Gasteiger partial charge is 0.308 e. The summed E-state index contributed by atoms with van der Waals surface area (Å²) in [5, 5.41) is 19.4. The van der Waals surface area contributed by atoms with Crippen LogP contribution in [-0.4, -0.2) is 33.9 Å². The van der Waals surface area contributed by atoms with E-state index >= 15 is 0 Å². The van der Waals surface area contributed by atoms with Gasteiger partial charge in [0.25, 0.3) is 0 Å². The number of nitrogen functional groups attached to an aromatic ring is 1. The van der Waals surface area contributed by atoms with Gasteiger partial charge in [0.05, 0.1) is 24.8 Å². The highest BCUT2D eigenvalue weighted by Gasteiger charge is 2.23. The third kappa shape index (κ3) is 4.01. The second kappa shape index (κ2) is 6.17. The number of esters is 1. The minimum Gasteiger partial charge on any atom is -0.466 e. The van der Waals surface area contributed by atoms with Crippen molar-refractivity contribution in [3.8, 4) is 0 Å². The third-order valence-electron chi connectivity index (χ3n) is 2.15. The van der Waals surface area contributed by atoms with Gasteiger partial charge in [-0.2, -0.15) is 0 Å². The van der Waals surface area contributed by atoms with Crippen LogP contribution in [0, 0.1) is 0 Å². The summed E-state index contributed by atoms with van der Waals surface area (Å²) in [5.74, 6) is -0.567. The van der Waals surface area contributed by atoms with Gasteiger partial charge in [0.15, 0.2) is 0 Å². The first-order valence-corrected chi connectivity index (χ1v) is 5.27. The van der Waals surface area contributed by atoms with Gasteiger partial charge in [0.1, 0.15) is 6.10 Å². The maximum Gasteiger partial charge on any atom is 0.308 e. The van der Waals surface area contributed by atoms with E-state index in [1.54, 1.807) is 13.0 Å². The number of carbonyl (C=O) groups is 1. The number of rotatable bonds is 5. The van der Waals surface area contributed by atoms with Crippen LogP contribution in [0.4, 0.5) is 5.69 Å². The lowest BCUT2D eigenvalue weighted by Gasteiger charge is -2.16. The van der Waals surface area contributed by atoms with Gasteiger partial charge in [-0.15, -0.1) is 0 Å². The van der Waals surface area contributed by atoms with E-state index in [1.807, 2.05) is 0 Å². The summed E-state index contributed by atoms with van der Waals surface area (Å²) < 4.78 is 4.67. The van der Waals surface area contributed by atoms with E-state index in [0.717, 1.165) is 0 Å². The Bertz CT molecular complexity index is 383. The van der Waals surface area contributed by atoms with Crippen LogP contribution >= 0.6 is 0 Å². The molecule has 1 rings (SSSR count). The van der Waals surface area contributed by atoms with E-state index < -0.39 is 18.2 Å². The molecule has 0 aliphatic heterocycles. The number of ether oxygens (including phenoxy) is 1. The quantitative estimate of drug-likeness (QED) is 0.626. The summed E-state index contributed by atoms with van der Waals surface area (Å²) in [4.78, 5) is 15.0. The Morgan fingerprint density at radius 1 is 1.59 bits per heavy atom. The number of aromatic nitrogens is 1. The molecule has 1 heterocycles. The van der Waals surface area contributed by atoms with E-state index in [-0.39, 0.29) is 18.7 Å². The molecule has 17 heavy (non-hydrogen) atoms. The molecule has 0 saturated heterocycles. The number of pyridine rings is 1. The summed E-state index contributed by atoms with van der Waals surface area (Å²) in [7, 11) is 0. The zero-order valence-electron chi connectivity index (χ0n) is 9.54. The predicted octanol–water partition coefficient (Wildman–Crippen LogP) is 0.0113. The summed E-state index contributed by atoms with van der Waals surface area (Å²) in [6, 6.07) is 3.01. The lowest BCUT2D eigenvalue weighted by atomic mass is 10.1. The average Bonchev–Trinajstić information content (AvgIpc) is 2.28. The minimum atomic E-state index is -1.26. The van der Waals surface area contributed by atoms with E-state index in [9.17, 15) is 15.0 Å². The number of carbonyl (C=O) groups excluding carboxylic acids is 1. The zero-order chi connectivity index (χ0) is 12.8. The molecule has 0 fully saturated rings. The minimum absolute atomic E-state index is 0.224. The highest BCUT2D eigenvalue weighted by molar-refractivity contribution is 5.70. The molecule has 0 spiro atoms. The Hall–Kier alpha value is -1.66. The van der Waals surface area contributed by atoms with Gasteiger partial charge < -0.3 is 20.7 Å². The zero-order valence-corrected chi connectivity index (χ0v) is 9.54. The van der Waals surface area contributed by atoms with Gasteiger partial charge in [-0.1, -0.05) is 0 Å². The van der Waals surface area contributed by atoms with Gasteiger partial charge in [-0.3, -0.25) is 9.78 Å². The Morgan fingerprint density at radius 3 is 2.88 bits per heavy atom. The van der Waals surface area contributed by atoms with Crippen molar-refractivity contribution in [2.24, 2.45) is 0 Å². The van der Waals surface area contributed by atoms with Gasteiger partial charge in [-0.25, -0.2) is 0 Å². The molecule has 0 aliphatic carbocycles. The number of hydrogen-bond acceptors (Lipinski definition) is 6. The Balaban J connectivity index is 2.63. The second-order valence-electron chi connectivity index (χ2n) is 3.54. The van der Waals surface area contributed by atoms with Crippen LogP contribution in [0.3, 0.4) is 0 Å². The largest absolute Gasteiger partial charge is 0.466 e. The number of anilines is 1.